The molecule has 3 aromatic rings. The van der Waals surface area contributed by atoms with Gasteiger partial charge in [-0.2, -0.15) is 4.52 Å². The molecule has 0 saturated carbocycles. The molecule has 0 fully saturated rings. The van der Waals surface area contributed by atoms with Gasteiger partial charge in [0.05, 0.1) is 5.56 Å². The largest absolute Gasteiger partial charge is 0.369 e. The van der Waals surface area contributed by atoms with E-state index in [1.54, 1.807) is 16.6 Å². The number of benzene rings is 1. The van der Waals surface area contributed by atoms with Crippen molar-refractivity contribution in [2.75, 3.05) is 18.4 Å². The van der Waals surface area contributed by atoms with Crippen molar-refractivity contribution >= 4 is 17.4 Å². The summed E-state index contributed by atoms with van der Waals surface area (Å²) in [6, 6.07) is 9.59. The number of rotatable bonds is 8. The lowest BCUT2D eigenvalue weighted by atomic mass is 10.2. The Morgan fingerprint density at radius 2 is 2.00 bits per heavy atom. The number of anilines is 1. The molecule has 7 nitrogen and oxygen atoms in total. The Morgan fingerprint density at radius 3 is 2.81 bits per heavy atom. The maximum absolute atomic E-state index is 13.6. The fourth-order valence-electron chi connectivity index (χ4n) is 2.51. The molecule has 0 saturated heterocycles. The van der Waals surface area contributed by atoms with Gasteiger partial charge >= 0.3 is 0 Å². The summed E-state index contributed by atoms with van der Waals surface area (Å²) < 4.78 is 15.3. The Bertz CT molecular complexity index is 894. The maximum atomic E-state index is 13.6. The second kappa shape index (κ2) is 8.37. The first-order chi connectivity index (χ1) is 12.7. The van der Waals surface area contributed by atoms with Gasteiger partial charge in [0.15, 0.2) is 11.5 Å². The Labute approximate surface area is 150 Å². The molecule has 1 amide bonds. The topological polar surface area (TPSA) is 84.2 Å². The van der Waals surface area contributed by atoms with Crippen molar-refractivity contribution in [3.8, 4) is 0 Å². The molecule has 0 atom stereocenters. The van der Waals surface area contributed by atoms with Crippen LogP contribution in [0.1, 0.15) is 35.9 Å². The predicted octanol–water partition coefficient (Wildman–Crippen LogP) is 2.45. The highest BCUT2D eigenvalue weighted by molar-refractivity contribution is 5.94. The molecule has 0 unspecified atom stereocenters. The van der Waals surface area contributed by atoms with Gasteiger partial charge in [0, 0.05) is 19.5 Å². The highest BCUT2D eigenvalue weighted by Gasteiger charge is 2.12. The van der Waals surface area contributed by atoms with Crippen molar-refractivity contribution in [1.29, 1.82) is 0 Å². The third kappa shape index (κ3) is 4.14. The highest BCUT2D eigenvalue weighted by Crippen LogP contribution is 2.09. The molecule has 0 aliphatic rings. The standard InChI is InChI=1S/C18H21FN6O/c1-2-3-11-20-15-8-9-16-22-23-17(25(16)24-15)10-12-21-18(26)13-6-4-5-7-14(13)19/h4-9H,2-3,10-12H2,1H3,(H,20,24)(H,21,26). The van der Waals surface area contributed by atoms with Gasteiger partial charge in [-0.15, -0.1) is 15.3 Å². The maximum Gasteiger partial charge on any atom is 0.254 e. The van der Waals surface area contributed by atoms with Gasteiger partial charge in [-0.3, -0.25) is 4.79 Å². The molecule has 0 bridgehead atoms. The molecule has 2 heterocycles. The first-order valence-corrected chi connectivity index (χ1v) is 8.67. The molecule has 0 aliphatic carbocycles. The molecule has 3 rings (SSSR count). The first kappa shape index (κ1) is 17.8. The van der Waals surface area contributed by atoms with Crippen LogP contribution in [-0.4, -0.2) is 38.8 Å². The second-order valence-corrected chi connectivity index (χ2v) is 5.87. The van der Waals surface area contributed by atoms with Crippen LogP contribution in [0.3, 0.4) is 0 Å². The fraction of sp³-hybridized carbons (Fsp3) is 0.333. The van der Waals surface area contributed by atoms with Crippen LogP contribution in [0.25, 0.3) is 5.65 Å². The molecule has 2 aromatic heterocycles. The van der Waals surface area contributed by atoms with Crippen LogP contribution in [0, 0.1) is 5.82 Å². The SMILES string of the molecule is CCCCNc1ccc2nnc(CCNC(=O)c3ccccc3F)n2n1. The zero-order valence-corrected chi connectivity index (χ0v) is 14.6. The smallest absolute Gasteiger partial charge is 0.254 e. The Hall–Kier alpha value is -3.03. The van der Waals surface area contributed by atoms with Crippen LogP contribution >= 0.6 is 0 Å². The summed E-state index contributed by atoms with van der Waals surface area (Å²) in [5, 5.41) is 18.6. The van der Waals surface area contributed by atoms with E-state index in [9.17, 15) is 9.18 Å². The molecule has 0 aliphatic heterocycles. The van der Waals surface area contributed by atoms with E-state index >= 15 is 0 Å². The van der Waals surface area contributed by atoms with E-state index in [2.05, 4.69) is 32.9 Å². The molecule has 0 spiro atoms. The second-order valence-electron chi connectivity index (χ2n) is 5.87. The number of unbranched alkanes of at least 4 members (excludes halogenated alkanes) is 1. The van der Waals surface area contributed by atoms with Crippen LogP contribution in [0.5, 0.6) is 0 Å². The zero-order valence-electron chi connectivity index (χ0n) is 14.6. The summed E-state index contributed by atoms with van der Waals surface area (Å²) in [6.45, 7) is 3.29. The van der Waals surface area contributed by atoms with Gasteiger partial charge in [0.25, 0.3) is 5.91 Å². The number of amides is 1. The molecular weight excluding hydrogens is 335 g/mol. The van der Waals surface area contributed by atoms with E-state index in [-0.39, 0.29) is 5.56 Å². The monoisotopic (exact) mass is 356 g/mol. The minimum absolute atomic E-state index is 0.0270. The molecule has 8 heteroatoms. The zero-order chi connectivity index (χ0) is 18.4. The summed E-state index contributed by atoms with van der Waals surface area (Å²) in [6.07, 6.45) is 2.61. The van der Waals surface area contributed by atoms with E-state index in [1.165, 1.54) is 12.1 Å². The third-order valence-electron chi connectivity index (χ3n) is 3.92. The van der Waals surface area contributed by atoms with E-state index < -0.39 is 11.7 Å². The lowest BCUT2D eigenvalue weighted by molar-refractivity contribution is 0.0950. The molecule has 26 heavy (non-hydrogen) atoms. The van der Waals surface area contributed by atoms with E-state index in [0.29, 0.717) is 24.4 Å². The van der Waals surface area contributed by atoms with Crippen molar-refractivity contribution in [2.24, 2.45) is 0 Å². The Morgan fingerprint density at radius 1 is 1.15 bits per heavy atom. The lowest BCUT2D eigenvalue weighted by Crippen LogP contribution is -2.27. The quantitative estimate of drug-likeness (QED) is 0.606. The van der Waals surface area contributed by atoms with E-state index in [1.807, 2.05) is 12.1 Å². The van der Waals surface area contributed by atoms with Crippen LogP contribution in [0.2, 0.25) is 0 Å². The Kier molecular flexibility index (Phi) is 5.73. The van der Waals surface area contributed by atoms with Crippen molar-refractivity contribution in [1.82, 2.24) is 25.1 Å². The minimum Gasteiger partial charge on any atom is -0.369 e. The molecule has 0 radical (unpaired) electrons. The summed E-state index contributed by atoms with van der Waals surface area (Å²) in [5.74, 6) is 0.393. The van der Waals surface area contributed by atoms with Gasteiger partial charge in [-0.1, -0.05) is 25.5 Å². The van der Waals surface area contributed by atoms with Gasteiger partial charge < -0.3 is 10.6 Å². The summed E-state index contributed by atoms with van der Waals surface area (Å²) in [5.41, 5.74) is 0.667. The van der Waals surface area contributed by atoms with Crippen molar-refractivity contribution in [3.63, 3.8) is 0 Å². The fourth-order valence-corrected chi connectivity index (χ4v) is 2.51. The summed E-state index contributed by atoms with van der Waals surface area (Å²) >= 11 is 0. The molecule has 2 N–H and O–H groups in total. The predicted molar refractivity (Wildman–Crippen MR) is 96.6 cm³/mol. The number of aromatic nitrogens is 4. The van der Waals surface area contributed by atoms with Crippen LogP contribution in [0.15, 0.2) is 36.4 Å². The van der Waals surface area contributed by atoms with Crippen LogP contribution < -0.4 is 10.6 Å². The number of nitrogens with one attached hydrogen (secondary N) is 2. The summed E-state index contributed by atoms with van der Waals surface area (Å²) in [4.78, 5) is 12.0. The van der Waals surface area contributed by atoms with Gasteiger partial charge in [-0.05, 0) is 30.7 Å². The third-order valence-corrected chi connectivity index (χ3v) is 3.92. The van der Waals surface area contributed by atoms with E-state index in [4.69, 9.17) is 0 Å². The number of halogens is 1. The van der Waals surface area contributed by atoms with Crippen LogP contribution in [0.4, 0.5) is 10.2 Å². The number of hydrogen-bond acceptors (Lipinski definition) is 5. The molecular formula is C18H21FN6O. The molecule has 136 valence electrons. The highest BCUT2D eigenvalue weighted by atomic mass is 19.1. The number of carbonyl (C=O) groups is 1. The number of carbonyl (C=O) groups excluding carboxylic acids is 1. The Balaban J connectivity index is 1.62. The van der Waals surface area contributed by atoms with Crippen molar-refractivity contribution in [2.45, 2.75) is 26.2 Å². The van der Waals surface area contributed by atoms with Crippen molar-refractivity contribution in [3.05, 3.63) is 53.6 Å². The van der Waals surface area contributed by atoms with E-state index in [0.717, 1.165) is 25.2 Å². The molecule has 1 aromatic carbocycles. The average molecular weight is 356 g/mol. The first-order valence-electron chi connectivity index (χ1n) is 8.67. The van der Waals surface area contributed by atoms with Crippen LogP contribution in [-0.2, 0) is 6.42 Å². The van der Waals surface area contributed by atoms with Gasteiger partial charge in [0.2, 0.25) is 0 Å². The number of hydrogen-bond donors (Lipinski definition) is 2. The van der Waals surface area contributed by atoms with Gasteiger partial charge in [-0.25, -0.2) is 4.39 Å². The van der Waals surface area contributed by atoms with Crippen molar-refractivity contribution < 1.29 is 9.18 Å². The van der Waals surface area contributed by atoms with Gasteiger partial charge in [0.1, 0.15) is 11.6 Å². The lowest BCUT2D eigenvalue weighted by Gasteiger charge is -2.07. The average Bonchev–Trinajstić information content (AvgIpc) is 3.05. The summed E-state index contributed by atoms with van der Waals surface area (Å²) in [7, 11) is 0. The normalized spacial score (nSPS) is 10.8. The number of fused-ring (bicyclic) bond motifs is 1. The minimum atomic E-state index is -0.539. The number of nitrogens with zero attached hydrogens (tertiary/aromatic N) is 4.